The van der Waals surface area contributed by atoms with Gasteiger partial charge in [-0.15, -0.1) is 0 Å². The Balaban J connectivity index is 2.09. The van der Waals surface area contributed by atoms with Crippen molar-refractivity contribution in [3.8, 4) is 0 Å². The first-order valence-electron chi connectivity index (χ1n) is 6.48. The standard InChI is InChI=1S/C14H20N4OS/c1-8(12(19)18-14(2,3)4)20-13-16-10-6-5-9(15)7-11(10)17-13/h5-8H,15H2,1-4H3,(H,16,17)(H,18,19). The van der Waals surface area contributed by atoms with E-state index in [-0.39, 0.29) is 16.7 Å². The van der Waals surface area contributed by atoms with Crippen LogP contribution in [-0.2, 0) is 4.79 Å². The minimum Gasteiger partial charge on any atom is -0.399 e. The van der Waals surface area contributed by atoms with Crippen LogP contribution < -0.4 is 11.1 Å². The highest BCUT2D eigenvalue weighted by Crippen LogP contribution is 2.24. The third-order valence-corrected chi connectivity index (χ3v) is 3.62. The van der Waals surface area contributed by atoms with Crippen LogP contribution in [0, 0.1) is 0 Å². The molecule has 0 saturated carbocycles. The van der Waals surface area contributed by atoms with E-state index in [9.17, 15) is 4.79 Å². The molecule has 0 spiro atoms. The van der Waals surface area contributed by atoms with Crippen LogP contribution >= 0.6 is 11.8 Å². The summed E-state index contributed by atoms with van der Waals surface area (Å²) in [6.07, 6.45) is 0. The molecule has 0 aliphatic heterocycles. The molecule has 108 valence electrons. The molecule has 0 aliphatic carbocycles. The van der Waals surface area contributed by atoms with Crippen molar-refractivity contribution in [3.05, 3.63) is 18.2 Å². The van der Waals surface area contributed by atoms with Gasteiger partial charge in [0.15, 0.2) is 5.16 Å². The van der Waals surface area contributed by atoms with Gasteiger partial charge in [-0.3, -0.25) is 4.79 Å². The third-order valence-electron chi connectivity index (χ3n) is 2.64. The number of imidazole rings is 1. The van der Waals surface area contributed by atoms with E-state index in [4.69, 9.17) is 5.73 Å². The van der Waals surface area contributed by atoms with Gasteiger partial charge in [0.2, 0.25) is 5.91 Å². The lowest BCUT2D eigenvalue weighted by Gasteiger charge is -2.22. The molecule has 20 heavy (non-hydrogen) atoms. The summed E-state index contributed by atoms with van der Waals surface area (Å²) in [5, 5.41) is 3.47. The maximum Gasteiger partial charge on any atom is 0.233 e. The minimum absolute atomic E-state index is 0.00229. The number of nitrogens with zero attached hydrogens (tertiary/aromatic N) is 1. The Morgan fingerprint density at radius 3 is 2.80 bits per heavy atom. The van der Waals surface area contributed by atoms with Crippen LogP contribution in [0.25, 0.3) is 11.0 Å². The molecule has 0 saturated heterocycles. The number of fused-ring (bicyclic) bond motifs is 1. The predicted molar refractivity (Wildman–Crippen MR) is 83.7 cm³/mol. The molecule has 1 unspecified atom stereocenters. The number of aromatic amines is 1. The van der Waals surface area contributed by atoms with Crippen molar-refractivity contribution in [1.29, 1.82) is 0 Å². The average molecular weight is 292 g/mol. The second kappa shape index (κ2) is 5.36. The van der Waals surface area contributed by atoms with Crippen LogP contribution in [0.2, 0.25) is 0 Å². The highest BCUT2D eigenvalue weighted by Gasteiger charge is 2.21. The van der Waals surface area contributed by atoms with Crippen LogP contribution in [0.1, 0.15) is 27.7 Å². The van der Waals surface area contributed by atoms with Gasteiger partial charge < -0.3 is 16.0 Å². The molecule has 2 rings (SSSR count). The van der Waals surface area contributed by atoms with Gasteiger partial charge in [-0.05, 0) is 45.9 Å². The number of benzene rings is 1. The van der Waals surface area contributed by atoms with Crippen molar-refractivity contribution in [1.82, 2.24) is 15.3 Å². The fraction of sp³-hybridized carbons (Fsp3) is 0.429. The van der Waals surface area contributed by atoms with Crippen molar-refractivity contribution in [2.24, 2.45) is 0 Å². The Morgan fingerprint density at radius 2 is 2.15 bits per heavy atom. The van der Waals surface area contributed by atoms with E-state index >= 15 is 0 Å². The maximum atomic E-state index is 12.0. The molecule has 1 aromatic carbocycles. The number of aromatic nitrogens is 2. The number of carbonyl (C=O) groups excluding carboxylic acids is 1. The summed E-state index contributed by atoms with van der Waals surface area (Å²) in [4.78, 5) is 19.7. The normalized spacial score (nSPS) is 13.4. The van der Waals surface area contributed by atoms with E-state index in [0.717, 1.165) is 16.2 Å². The highest BCUT2D eigenvalue weighted by atomic mass is 32.2. The lowest BCUT2D eigenvalue weighted by atomic mass is 10.1. The summed E-state index contributed by atoms with van der Waals surface area (Å²) in [5.74, 6) is 0.00229. The Morgan fingerprint density at radius 1 is 1.45 bits per heavy atom. The monoisotopic (exact) mass is 292 g/mol. The van der Waals surface area contributed by atoms with Crippen LogP contribution in [-0.4, -0.2) is 26.7 Å². The Bertz CT molecular complexity index is 630. The van der Waals surface area contributed by atoms with Gasteiger partial charge in [0, 0.05) is 11.2 Å². The van der Waals surface area contributed by atoms with Crippen molar-refractivity contribution in [2.45, 2.75) is 43.6 Å². The average Bonchev–Trinajstić information content (AvgIpc) is 2.67. The SMILES string of the molecule is CC(Sc1nc2ccc(N)cc2[nH]1)C(=O)NC(C)(C)C. The summed E-state index contributed by atoms with van der Waals surface area (Å²) in [6.45, 7) is 7.76. The van der Waals surface area contributed by atoms with Crippen molar-refractivity contribution in [3.63, 3.8) is 0 Å². The molecule has 1 aromatic heterocycles. The molecule has 2 aromatic rings. The fourth-order valence-electron chi connectivity index (χ4n) is 1.75. The van der Waals surface area contributed by atoms with E-state index in [0.29, 0.717) is 5.69 Å². The number of thioether (sulfide) groups is 1. The number of carbonyl (C=O) groups is 1. The van der Waals surface area contributed by atoms with Gasteiger partial charge in [0.25, 0.3) is 0 Å². The molecule has 5 nitrogen and oxygen atoms in total. The summed E-state index contributed by atoms with van der Waals surface area (Å²) in [7, 11) is 0. The van der Waals surface area contributed by atoms with Gasteiger partial charge >= 0.3 is 0 Å². The number of amides is 1. The van der Waals surface area contributed by atoms with Gasteiger partial charge in [0.1, 0.15) is 0 Å². The molecule has 1 atom stereocenters. The van der Waals surface area contributed by atoms with Gasteiger partial charge in [0.05, 0.1) is 16.3 Å². The first-order chi connectivity index (χ1) is 9.24. The van der Waals surface area contributed by atoms with Gasteiger partial charge in [-0.1, -0.05) is 11.8 Å². The molecular weight excluding hydrogens is 272 g/mol. The number of anilines is 1. The number of nitrogens with one attached hydrogen (secondary N) is 2. The molecule has 1 amide bonds. The van der Waals surface area contributed by atoms with E-state index in [1.807, 2.05) is 45.9 Å². The minimum atomic E-state index is -0.228. The number of nitrogen functional groups attached to an aromatic ring is 1. The number of hydrogen-bond acceptors (Lipinski definition) is 4. The molecule has 0 radical (unpaired) electrons. The van der Waals surface area contributed by atoms with Gasteiger partial charge in [-0.2, -0.15) is 0 Å². The summed E-state index contributed by atoms with van der Waals surface area (Å²) >= 11 is 1.40. The number of nitrogens with two attached hydrogens (primary N) is 1. The predicted octanol–water partition coefficient (Wildman–Crippen LogP) is 2.54. The molecular formula is C14H20N4OS. The first-order valence-corrected chi connectivity index (χ1v) is 7.36. The summed E-state index contributed by atoms with van der Waals surface area (Å²) < 4.78 is 0. The van der Waals surface area contributed by atoms with E-state index in [2.05, 4.69) is 15.3 Å². The zero-order chi connectivity index (χ0) is 14.9. The second-order valence-corrected chi connectivity index (χ2v) is 7.15. The lowest BCUT2D eigenvalue weighted by molar-refractivity contribution is -0.121. The quantitative estimate of drug-likeness (QED) is 0.599. The summed E-state index contributed by atoms with van der Waals surface area (Å²) in [6, 6.07) is 5.52. The van der Waals surface area contributed by atoms with E-state index in [1.165, 1.54) is 11.8 Å². The van der Waals surface area contributed by atoms with Crippen LogP contribution in [0.15, 0.2) is 23.4 Å². The van der Waals surface area contributed by atoms with Gasteiger partial charge in [-0.25, -0.2) is 4.98 Å². The third kappa shape index (κ3) is 3.66. The zero-order valence-corrected chi connectivity index (χ0v) is 13.0. The topological polar surface area (TPSA) is 83.8 Å². The largest absolute Gasteiger partial charge is 0.399 e. The second-order valence-electron chi connectivity index (χ2n) is 5.82. The number of hydrogen-bond donors (Lipinski definition) is 3. The smallest absolute Gasteiger partial charge is 0.233 e. The number of H-pyrrole nitrogens is 1. The van der Waals surface area contributed by atoms with E-state index < -0.39 is 0 Å². The molecule has 1 heterocycles. The van der Waals surface area contributed by atoms with Crippen molar-refractivity contribution >= 4 is 34.4 Å². The molecule has 4 N–H and O–H groups in total. The Hall–Kier alpha value is -1.69. The number of rotatable bonds is 3. The Kier molecular flexibility index (Phi) is 3.94. The first kappa shape index (κ1) is 14.7. The van der Waals surface area contributed by atoms with Crippen LogP contribution in [0.5, 0.6) is 0 Å². The van der Waals surface area contributed by atoms with Crippen molar-refractivity contribution < 1.29 is 4.79 Å². The van der Waals surface area contributed by atoms with E-state index in [1.54, 1.807) is 0 Å². The van der Waals surface area contributed by atoms with Crippen molar-refractivity contribution in [2.75, 3.05) is 5.73 Å². The summed E-state index contributed by atoms with van der Waals surface area (Å²) in [5.41, 5.74) is 7.93. The van der Waals surface area contributed by atoms with Crippen LogP contribution in [0.4, 0.5) is 5.69 Å². The molecule has 0 aliphatic rings. The lowest BCUT2D eigenvalue weighted by Crippen LogP contribution is -2.44. The van der Waals surface area contributed by atoms with Crippen LogP contribution in [0.3, 0.4) is 0 Å². The maximum absolute atomic E-state index is 12.0. The Labute approximate surface area is 122 Å². The molecule has 6 heteroatoms. The highest BCUT2D eigenvalue weighted by molar-refractivity contribution is 8.00. The zero-order valence-electron chi connectivity index (χ0n) is 12.2. The fourth-order valence-corrected chi connectivity index (χ4v) is 2.57. The molecule has 0 fully saturated rings. The molecule has 0 bridgehead atoms.